The van der Waals surface area contributed by atoms with Crippen molar-refractivity contribution in [1.82, 2.24) is 0 Å². The normalized spacial score (nSPS) is 10.7. The van der Waals surface area contributed by atoms with Crippen molar-refractivity contribution in [2.24, 2.45) is 0 Å². The van der Waals surface area contributed by atoms with Gasteiger partial charge < -0.3 is 28.8 Å². The summed E-state index contributed by atoms with van der Waals surface area (Å²) in [5, 5.41) is 11.6. The lowest BCUT2D eigenvalue weighted by Crippen LogP contribution is -2.06. The number of rotatable bonds is 10. The van der Waals surface area contributed by atoms with Gasteiger partial charge in [-0.15, -0.1) is 0 Å². The highest BCUT2D eigenvalue weighted by molar-refractivity contribution is 6.02. The second-order valence-corrected chi connectivity index (χ2v) is 7.64. The summed E-state index contributed by atoms with van der Waals surface area (Å²) in [5.41, 5.74) is 2.57. The molecule has 0 amide bonds. The molecule has 4 aromatic carbocycles. The summed E-state index contributed by atoms with van der Waals surface area (Å²) in [4.78, 5) is 0. The first kappa shape index (κ1) is 23.3. The number of methoxy groups -OCH3 is 3. The number of fused-ring (bicyclic) bond motifs is 1. The van der Waals surface area contributed by atoms with E-state index in [0.717, 1.165) is 16.5 Å². The fourth-order valence-corrected chi connectivity index (χ4v) is 3.89. The summed E-state index contributed by atoms with van der Waals surface area (Å²) >= 11 is 0. The predicted molar refractivity (Wildman–Crippen MR) is 131 cm³/mol. The van der Waals surface area contributed by atoms with E-state index in [-0.39, 0.29) is 6.61 Å². The van der Waals surface area contributed by atoms with Crippen LogP contribution in [0.25, 0.3) is 10.8 Å². The van der Waals surface area contributed by atoms with Gasteiger partial charge in [-0.2, -0.15) is 0 Å². The predicted octanol–water partition coefficient (Wildman–Crippen LogP) is 5.52. The van der Waals surface area contributed by atoms with Crippen LogP contribution in [0.15, 0.2) is 72.8 Å². The van der Waals surface area contributed by atoms with Gasteiger partial charge in [-0.25, -0.2) is 0 Å². The molecule has 176 valence electrons. The van der Waals surface area contributed by atoms with Gasteiger partial charge in [0.25, 0.3) is 0 Å². The van der Waals surface area contributed by atoms with Crippen molar-refractivity contribution in [3.05, 3.63) is 89.5 Å². The highest BCUT2D eigenvalue weighted by Gasteiger charge is 2.25. The molecule has 0 bridgehead atoms. The van der Waals surface area contributed by atoms with E-state index in [2.05, 4.69) is 0 Å². The van der Waals surface area contributed by atoms with Crippen LogP contribution in [0.1, 0.15) is 16.7 Å². The first-order valence-corrected chi connectivity index (χ1v) is 10.9. The standard InChI is InChI=1S/C28H28O6/c1-30-23-15-24(31-2)27(32-3)25-22(23)14-21(16-29)26(33-17-19-10-6-4-7-11-19)28(25)34-18-20-12-8-5-9-13-20/h4-15,29H,16-18H2,1-3H3. The smallest absolute Gasteiger partial charge is 0.173 e. The number of aliphatic hydroxyl groups excluding tert-OH is 1. The van der Waals surface area contributed by atoms with Crippen molar-refractivity contribution in [3.63, 3.8) is 0 Å². The summed E-state index contributed by atoms with van der Waals surface area (Å²) in [6.07, 6.45) is 0. The third-order valence-electron chi connectivity index (χ3n) is 5.56. The zero-order valence-electron chi connectivity index (χ0n) is 19.5. The Morgan fingerprint density at radius 3 is 1.68 bits per heavy atom. The Bertz CT molecular complexity index is 1240. The molecule has 0 saturated heterocycles. The minimum absolute atomic E-state index is 0.237. The minimum Gasteiger partial charge on any atom is -0.496 e. The number of hydrogen-bond donors (Lipinski definition) is 1. The van der Waals surface area contributed by atoms with Crippen LogP contribution >= 0.6 is 0 Å². The molecule has 4 rings (SSSR count). The number of aliphatic hydroxyl groups is 1. The van der Waals surface area contributed by atoms with Gasteiger partial charge in [-0.05, 0) is 17.2 Å². The molecule has 0 atom stereocenters. The molecule has 4 aromatic rings. The van der Waals surface area contributed by atoms with Crippen LogP contribution in [0.2, 0.25) is 0 Å². The number of ether oxygens (including phenoxy) is 5. The van der Waals surface area contributed by atoms with Gasteiger partial charge in [0.15, 0.2) is 23.0 Å². The van der Waals surface area contributed by atoms with Crippen LogP contribution < -0.4 is 23.7 Å². The van der Waals surface area contributed by atoms with Crippen molar-refractivity contribution in [1.29, 1.82) is 0 Å². The summed E-state index contributed by atoms with van der Waals surface area (Å²) in [6.45, 7) is 0.374. The van der Waals surface area contributed by atoms with E-state index in [1.165, 1.54) is 0 Å². The summed E-state index contributed by atoms with van der Waals surface area (Å²) in [7, 11) is 4.74. The topological polar surface area (TPSA) is 66.4 Å². The fraction of sp³-hybridized carbons (Fsp3) is 0.214. The van der Waals surface area contributed by atoms with E-state index < -0.39 is 0 Å². The zero-order chi connectivity index (χ0) is 23.9. The Balaban J connectivity index is 1.92. The lowest BCUT2D eigenvalue weighted by molar-refractivity contribution is 0.238. The SMILES string of the molecule is COc1cc(OC)c2cc(CO)c(OCc3ccccc3)c(OCc3ccccc3)c2c1OC. The van der Waals surface area contributed by atoms with E-state index in [4.69, 9.17) is 23.7 Å². The molecule has 0 aliphatic rings. The van der Waals surface area contributed by atoms with Crippen molar-refractivity contribution in [2.75, 3.05) is 21.3 Å². The average Bonchev–Trinajstić information content (AvgIpc) is 2.90. The first-order valence-electron chi connectivity index (χ1n) is 10.9. The molecule has 0 aromatic heterocycles. The van der Waals surface area contributed by atoms with Crippen molar-refractivity contribution < 1.29 is 28.8 Å². The molecule has 0 spiro atoms. The van der Waals surface area contributed by atoms with Crippen LogP contribution in [0, 0.1) is 0 Å². The van der Waals surface area contributed by atoms with Gasteiger partial charge in [-0.3, -0.25) is 0 Å². The molecule has 0 aliphatic heterocycles. The Hall–Kier alpha value is -3.90. The lowest BCUT2D eigenvalue weighted by atomic mass is 10.0. The monoisotopic (exact) mass is 460 g/mol. The van der Waals surface area contributed by atoms with E-state index in [9.17, 15) is 5.11 Å². The molecule has 6 heteroatoms. The van der Waals surface area contributed by atoms with Crippen LogP contribution in [-0.2, 0) is 19.8 Å². The Labute approximate surface area is 199 Å². The van der Waals surface area contributed by atoms with Gasteiger partial charge in [0.05, 0.1) is 33.3 Å². The number of hydrogen-bond acceptors (Lipinski definition) is 6. The fourth-order valence-electron chi connectivity index (χ4n) is 3.89. The Morgan fingerprint density at radius 1 is 0.618 bits per heavy atom. The van der Waals surface area contributed by atoms with Crippen LogP contribution in [-0.4, -0.2) is 26.4 Å². The highest BCUT2D eigenvalue weighted by atomic mass is 16.5. The van der Waals surface area contributed by atoms with E-state index in [1.54, 1.807) is 27.4 Å². The van der Waals surface area contributed by atoms with Gasteiger partial charge in [0.1, 0.15) is 19.0 Å². The molecule has 0 fully saturated rings. The van der Waals surface area contributed by atoms with Crippen LogP contribution in [0.3, 0.4) is 0 Å². The van der Waals surface area contributed by atoms with E-state index >= 15 is 0 Å². The van der Waals surface area contributed by atoms with Crippen LogP contribution in [0.4, 0.5) is 0 Å². The molecular weight excluding hydrogens is 432 g/mol. The largest absolute Gasteiger partial charge is 0.496 e. The molecule has 6 nitrogen and oxygen atoms in total. The maximum absolute atomic E-state index is 10.2. The third-order valence-corrected chi connectivity index (χ3v) is 5.56. The van der Waals surface area contributed by atoms with Crippen molar-refractivity contribution in [3.8, 4) is 28.7 Å². The third kappa shape index (κ3) is 4.72. The van der Waals surface area contributed by atoms with Crippen LogP contribution in [0.5, 0.6) is 28.7 Å². The molecule has 1 N–H and O–H groups in total. The minimum atomic E-state index is -0.237. The molecule has 0 aliphatic carbocycles. The Kier molecular flexibility index (Phi) is 7.40. The summed E-state index contributed by atoms with van der Waals surface area (Å²) < 4.78 is 29.6. The molecule has 0 saturated carbocycles. The first-order chi connectivity index (χ1) is 16.7. The Morgan fingerprint density at radius 2 is 1.18 bits per heavy atom. The maximum Gasteiger partial charge on any atom is 0.173 e. The molecule has 0 radical (unpaired) electrons. The maximum atomic E-state index is 10.2. The molecule has 34 heavy (non-hydrogen) atoms. The second kappa shape index (κ2) is 10.8. The van der Waals surface area contributed by atoms with Gasteiger partial charge in [0.2, 0.25) is 0 Å². The molecular formula is C28H28O6. The highest BCUT2D eigenvalue weighted by Crippen LogP contribution is 2.50. The van der Waals surface area contributed by atoms with E-state index in [1.807, 2.05) is 66.7 Å². The van der Waals surface area contributed by atoms with Crippen molar-refractivity contribution in [2.45, 2.75) is 19.8 Å². The molecule has 0 heterocycles. The average molecular weight is 461 g/mol. The summed E-state index contributed by atoms with van der Waals surface area (Å²) in [6, 6.07) is 23.3. The van der Waals surface area contributed by atoms with Gasteiger partial charge in [-0.1, -0.05) is 60.7 Å². The van der Waals surface area contributed by atoms with Gasteiger partial charge >= 0.3 is 0 Å². The second-order valence-electron chi connectivity index (χ2n) is 7.64. The quantitative estimate of drug-likeness (QED) is 0.336. The molecule has 0 unspecified atom stereocenters. The van der Waals surface area contributed by atoms with E-state index in [0.29, 0.717) is 52.9 Å². The zero-order valence-corrected chi connectivity index (χ0v) is 19.5. The van der Waals surface area contributed by atoms with Crippen molar-refractivity contribution >= 4 is 10.8 Å². The lowest BCUT2D eigenvalue weighted by Gasteiger charge is -2.22. The summed E-state index contributed by atoms with van der Waals surface area (Å²) in [5.74, 6) is 2.47. The van der Waals surface area contributed by atoms with Gasteiger partial charge in [0, 0.05) is 17.0 Å². The number of benzene rings is 4.